The van der Waals surface area contributed by atoms with E-state index in [1.807, 2.05) is 6.92 Å². The molecule has 1 rings (SSSR count). The maximum atomic E-state index is 10.4. The van der Waals surface area contributed by atoms with E-state index in [0.717, 1.165) is 19.3 Å². The van der Waals surface area contributed by atoms with Gasteiger partial charge in [-0.15, -0.1) is 0 Å². The first kappa shape index (κ1) is 8.72. The van der Waals surface area contributed by atoms with E-state index >= 15 is 0 Å². The van der Waals surface area contributed by atoms with E-state index in [1.165, 1.54) is 0 Å². The fourth-order valence-corrected chi connectivity index (χ4v) is 1.53. The van der Waals surface area contributed by atoms with Crippen LogP contribution in [-0.4, -0.2) is 18.5 Å². The number of ether oxygens (including phenoxy) is 1. The highest BCUT2D eigenvalue weighted by Gasteiger charge is 2.34. The molecule has 0 saturated carbocycles. The van der Waals surface area contributed by atoms with Gasteiger partial charge in [0.05, 0.1) is 12.2 Å². The van der Waals surface area contributed by atoms with Crippen molar-refractivity contribution in [2.75, 3.05) is 6.61 Å². The zero-order valence-corrected chi connectivity index (χ0v) is 7.46. The molecule has 2 unspecified atom stereocenters. The number of hydrogen-bond donors (Lipinski definition) is 0. The number of carbonyl (C=O) groups excluding carboxylic acids is 1. The summed E-state index contributed by atoms with van der Waals surface area (Å²) in [6.07, 6.45) is 2.03. The monoisotopic (exact) mass is 156 g/mol. The molecule has 0 spiro atoms. The molecular weight excluding hydrogens is 140 g/mol. The fourth-order valence-electron chi connectivity index (χ4n) is 1.53. The van der Waals surface area contributed by atoms with Gasteiger partial charge < -0.3 is 9.53 Å². The molecule has 0 bridgehead atoms. The molecule has 64 valence electrons. The maximum Gasteiger partial charge on any atom is 0.123 e. The molecule has 0 N–H and O–H groups in total. The molecule has 0 amide bonds. The Labute approximate surface area is 67.9 Å². The summed E-state index contributed by atoms with van der Waals surface area (Å²) in [5, 5.41) is 0. The average molecular weight is 156 g/mol. The van der Waals surface area contributed by atoms with Crippen LogP contribution in [0.4, 0.5) is 0 Å². The lowest BCUT2D eigenvalue weighted by atomic mass is 9.89. The number of aldehydes is 1. The van der Waals surface area contributed by atoms with Gasteiger partial charge in [0.15, 0.2) is 0 Å². The first-order valence-corrected chi connectivity index (χ1v) is 4.14. The Balaban J connectivity index is 2.47. The second-order valence-electron chi connectivity index (χ2n) is 4.03. The minimum atomic E-state index is -0.0120. The van der Waals surface area contributed by atoms with Crippen LogP contribution in [0.15, 0.2) is 0 Å². The van der Waals surface area contributed by atoms with E-state index in [4.69, 9.17) is 4.74 Å². The molecule has 1 aliphatic heterocycles. The van der Waals surface area contributed by atoms with Crippen molar-refractivity contribution in [2.45, 2.75) is 32.8 Å². The van der Waals surface area contributed by atoms with Gasteiger partial charge in [-0.25, -0.2) is 0 Å². The predicted molar refractivity (Wildman–Crippen MR) is 43.4 cm³/mol. The van der Waals surface area contributed by atoms with Gasteiger partial charge in [-0.2, -0.15) is 0 Å². The highest BCUT2D eigenvalue weighted by molar-refractivity contribution is 5.53. The van der Waals surface area contributed by atoms with Gasteiger partial charge in [0.2, 0.25) is 0 Å². The van der Waals surface area contributed by atoms with E-state index in [-0.39, 0.29) is 11.5 Å². The number of carbonyl (C=O) groups is 1. The van der Waals surface area contributed by atoms with Crippen molar-refractivity contribution < 1.29 is 9.53 Å². The van der Waals surface area contributed by atoms with E-state index in [9.17, 15) is 4.79 Å². The van der Waals surface area contributed by atoms with Crippen molar-refractivity contribution in [2.24, 2.45) is 11.8 Å². The van der Waals surface area contributed by atoms with E-state index in [1.54, 1.807) is 0 Å². The van der Waals surface area contributed by atoms with Crippen molar-refractivity contribution in [1.29, 1.82) is 0 Å². The van der Waals surface area contributed by atoms with Gasteiger partial charge in [0.25, 0.3) is 0 Å². The third kappa shape index (κ3) is 2.03. The van der Waals surface area contributed by atoms with Crippen LogP contribution in [0, 0.1) is 11.8 Å². The van der Waals surface area contributed by atoms with Gasteiger partial charge in [-0.05, 0) is 26.2 Å². The molecule has 1 aliphatic rings. The molecule has 1 fully saturated rings. The molecule has 0 aromatic carbocycles. The van der Waals surface area contributed by atoms with Crippen molar-refractivity contribution in [3.8, 4) is 0 Å². The van der Waals surface area contributed by atoms with Gasteiger partial charge in [0.1, 0.15) is 6.29 Å². The molecule has 1 saturated heterocycles. The summed E-state index contributed by atoms with van der Waals surface area (Å²) in [5.74, 6) is 0.583. The third-order valence-corrected chi connectivity index (χ3v) is 2.40. The van der Waals surface area contributed by atoms with Crippen LogP contribution in [0.3, 0.4) is 0 Å². The Morgan fingerprint density at radius 3 is 2.64 bits per heavy atom. The second-order valence-corrected chi connectivity index (χ2v) is 4.03. The van der Waals surface area contributed by atoms with Crippen LogP contribution < -0.4 is 0 Å². The lowest BCUT2D eigenvalue weighted by molar-refractivity contribution is -0.112. The Morgan fingerprint density at radius 1 is 1.64 bits per heavy atom. The maximum absolute atomic E-state index is 10.4. The van der Waals surface area contributed by atoms with Crippen LogP contribution in [0.1, 0.15) is 27.2 Å². The van der Waals surface area contributed by atoms with Crippen molar-refractivity contribution in [3.05, 3.63) is 0 Å². The summed E-state index contributed by atoms with van der Waals surface area (Å²) < 4.78 is 5.52. The van der Waals surface area contributed by atoms with Crippen molar-refractivity contribution in [3.63, 3.8) is 0 Å². The molecular formula is C9H16O2. The minimum absolute atomic E-state index is 0.0120. The average Bonchev–Trinajstić information content (AvgIpc) is 2.29. The molecule has 0 aromatic rings. The van der Waals surface area contributed by atoms with Gasteiger partial charge in [-0.3, -0.25) is 0 Å². The fraction of sp³-hybridized carbons (Fsp3) is 0.889. The summed E-state index contributed by atoms with van der Waals surface area (Å²) >= 11 is 0. The topological polar surface area (TPSA) is 26.3 Å². The zero-order valence-electron chi connectivity index (χ0n) is 7.46. The van der Waals surface area contributed by atoms with Gasteiger partial charge >= 0.3 is 0 Å². The highest BCUT2D eigenvalue weighted by Crippen LogP contribution is 2.32. The molecule has 1 heterocycles. The molecule has 2 atom stereocenters. The van der Waals surface area contributed by atoms with E-state index in [0.29, 0.717) is 5.92 Å². The Morgan fingerprint density at radius 2 is 2.27 bits per heavy atom. The predicted octanol–water partition coefficient (Wildman–Crippen LogP) is 1.64. The standard InChI is InChI=1S/C9H16O2/c1-7(5-10)8-4-9(2,3)11-6-8/h5,7-8H,4,6H2,1-3H3. The third-order valence-electron chi connectivity index (χ3n) is 2.40. The summed E-state index contributed by atoms with van der Waals surface area (Å²) in [5.41, 5.74) is -0.0120. The first-order chi connectivity index (χ1) is 5.05. The summed E-state index contributed by atoms with van der Waals surface area (Å²) in [6.45, 7) is 6.85. The van der Waals surface area contributed by atoms with Crippen LogP contribution in [0.2, 0.25) is 0 Å². The smallest absolute Gasteiger partial charge is 0.123 e. The van der Waals surface area contributed by atoms with Crippen LogP contribution >= 0.6 is 0 Å². The highest BCUT2D eigenvalue weighted by atomic mass is 16.5. The van der Waals surface area contributed by atoms with Crippen molar-refractivity contribution in [1.82, 2.24) is 0 Å². The van der Waals surface area contributed by atoms with Crippen LogP contribution in [-0.2, 0) is 9.53 Å². The molecule has 2 heteroatoms. The van der Waals surface area contributed by atoms with Crippen molar-refractivity contribution >= 4 is 6.29 Å². The van der Waals surface area contributed by atoms with E-state index in [2.05, 4.69) is 13.8 Å². The van der Waals surface area contributed by atoms with Gasteiger partial charge in [-0.1, -0.05) is 6.92 Å². The molecule has 11 heavy (non-hydrogen) atoms. The zero-order chi connectivity index (χ0) is 8.48. The second kappa shape index (κ2) is 2.94. The number of hydrogen-bond acceptors (Lipinski definition) is 2. The minimum Gasteiger partial charge on any atom is -0.375 e. The number of rotatable bonds is 2. The Kier molecular flexibility index (Phi) is 2.33. The normalized spacial score (nSPS) is 31.7. The Bertz CT molecular complexity index is 152. The summed E-state index contributed by atoms with van der Waals surface area (Å²) in [4.78, 5) is 10.4. The molecule has 0 aromatic heterocycles. The summed E-state index contributed by atoms with van der Waals surface area (Å²) in [7, 11) is 0. The quantitative estimate of drug-likeness (QED) is 0.568. The molecule has 0 aliphatic carbocycles. The summed E-state index contributed by atoms with van der Waals surface area (Å²) in [6, 6.07) is 0. The van der Waals surface area contributed by atoms with Crippen LogP contribution in [0.5, 0.6) is 0 Å². The molecule has 0 radical (unpaired) electrons. The van der Waals surface area contributed by atoms with Gasteiger partial charge in [0, 0.05) is 5.92 Å². The largest absolute Gasteiger partial charge is 0.375 e. The SMILES string of the molecule is CC(C=O)C1COC(C)(C)C1. The van der Waals surface area contributed by atoms with E-state index < -0.39 is 0 Å². The Hall–Kier alpha value is -0.370. The lowest BCUT2D eigenvalue weighted by Gasteiger charge is -2.16. The molecule has 2 nitrogen and oxygen atoms in total. The first-order valence-electron chi connectivity index (χ1n) is 4.14. The lowest BCUT2D eigenvalue weighted by Crippen LogP contribution is -2.18. The van der Waals surface area contributed by atoms with Crippen LogP contribution in [0.25, 0.3) is 0 Å².